The van der Waals surface area contributed by atoms with Crippen molar-refractivity contribution in [2.24, 2.45) is 0 Å². The quantitative estimate of drug-likeness (QED) is 0.790. The lowest BCUT2D eigenvalue weighted by molar-refractivity contribution is 0.0725. The third kappa shape index (κ3) is 2.20. The Kier molecular flexibility index (Phi) is 2.52. The fourth-order valence-electron chi connectivity index (χ4n) is 1.04. The largest absolute Gasteiger partial charge is 0.378 e. The van der Waals surface area contributed by atoms with Gasteiger partial charge >= 0.3 is 10.7 Å². The third-order valence-corrected chi connectivity index (χ3v) is 2.04. The molecule has 6 heteroatoms. The highest BCUT2D eigenvalue weighted by Gasteiger charge is 2.34. The standard InChI is InChI=1S/C9H5BrF2N2O/c10-9(11,12)8-13-7(14-15-8)6-4-2-1-3-5-6/h1-5H. The molecule has 0 aliphatic rings. The van der Waals surface area contributed by atoms with Crippen LogP contribution in [0, 0.1) is 0 Å². The molecule has 0 spiro atoms. The third-order valence-electron chi connectivity index (χ3n) is 1.70. The molecule has 0 atom stereocenters. The van der Waals surface area contributed by atoms with Gasteiger partial charge in [0.25, 0.3) is 0 Å². The minimum atomic E-state index is -3.28. The Morgan fingerprint density at radius 1 is 1.20 bits per heavy atom. The summed E-state index contributed by atoms with van der Waals surface area (Å²) in [6.45, 7) is 0. The number of aromatic nitrogens is 2. The Morgan fingerprint density at radius 2 is 1.87 bits per heavy atom. The summed E-state index contributed by atoms with van der Waals surface area (Å²) >= 11 is 2.14. The van der Waals surface area contributed by atoms with E-state index in [4.69, 9.17) is 0 Å². The van der Waals surface area contributed by atoms with E-state index in [1.165, 1.54) is 0 Å². The number of rotatable bonds is 2. The molecule has 2 rings (SSSR count). The summed E-state index contributed by atoms with van der Waals surface area (Å²) in [5, 5.41) is 3.46. The zero-order valence-corrected chi connectivity index (χ0v) is 8.91. The van der Waals surface area contributed by atoms with Gasteiger partial charge in [-0.1, -0.05) is 35.5 Å². The van der Waals surface area contributed by atoms with Crippen molar-refractivity contribution in [3.05, 3.63) is 36.2 Å². The van der Waals surface area contributed by atoms with Gasteiger partial charge in [0, 0.05) is 21.5 Å². The Balaban J connectivity index is 2.37. The van der Waals surface area contributed by atoms with Crippen LogP contribution in [0.5, 0.6) is 0 Å². The summed E-state index contributed by atoms with van der Waals surface area (Å²) < 4.78 is 29.8. The summed E-state index contributed by atoms with van der Waals surface area (Å²) in [5.41, 5.74) is 0.629. The summed E-state index contributed by atoms with van der Waals surface area (Å²) in [5.74, 6) is -0.605. The normalized spacial score (nSPS) is 11.7. The lowest BCUT2D eigenvalue weighted by Gasteiger charge is -1.98. The van der Waals surface area contributed by atoms with Crippen LogP contribution in [-0.4, -0.2) is 10.1 Å². The molecule has 3 nitrogen and oxygen atoms in total. The molecule has 1 aromatic carbocycles. The number of hydrogen-bond acceptors (Lipinski definition) is 3. The summed E-state index contributed by atoms with van der Waals surface area (Å²) in [7, 11) is 0. The Bertz CT molecular complexity index is 453. The number of alkyl halides is 3. The van der Waals surface area contributed by atoms with Gasteiger partial charge in [0.05, 0.1) is 0 Å². The van der Waals surface area contributed by atoms with Crippen molar-refractivity contribution in [1.82, 2.24) is 10.1 Å². The molecule has 2 aromatic rings. The predicted octanol–water partition coefficient (Wildman–Crippen LogP) is 3.18. The van der Waals surface area contributed by atoms with Crippen LogP contribution in [0.2, 0.25) is 0 Å². The van der Waals surface area contributed by atoms with E-state index < -0.39 is 10.7 Å². The molecule has 0 saturated carbocycles. The molecule has 1 aromatic heterocycles. The van der Waals surface area contributed by atoms with Crippen LogP contribution >= 0.6 is 15.9 Å². The van der Waals surface area contributed by atoms with Crippen LogP contribution in [0.15, 0.2) is 34.9 Å². The van der Waals surface area contributed by atoms with Gasteiger partial charge in [-0.3, -0.25) is 0 Å². The first-order chi connectivity index (χ1) is 7.07. The second kappa shape index (κ2) is 3.69. The van der Waals surface area contributed by atoms with Gasteiger partial charge in [0.2, 0.25) is 5.82 Å². The highest BCUT2D eigenvalue weighted by molar-refractivity contribution is 9.09. The molecule has 0 radical (unpaired) electrons. The molecule has 0 bridgehead atoms. The van der Waals surface area contributed by atoms with E-state index in [0.717, 1.165) is 0 Å². The predicted molar refractivity (Wildman–Crippen MR) is 52.6 cm³/mol. The lowest BCUT2D eigenvalue weighted by Crippen LogP contribution is -2.02. The fourth-order valence-corrected chi connectivity index (χ4v) is 1.20. The van der Waals surface area contributed by atoms with Gasteiger partial charge in [-0.15, -0.1) is 0 Å². The van der Waals surface area contributed by atoms with Gasteiger partial charge < -0.3 is 4.52 Å². The van der Waals surface area contributed by atoms with Crippen LogP contribution in [0.1, 0.15) is 5.89 Å². The molecule has 0 aliphatic heterocycles. The minimum Gasteiger partial charge on any atom is -0.331 e. The van der Waals surface area contributed by atoms with Gasteiger partial charge in [-0.2, -0.15) is 13.8 Å². The van der Waals surface area contributed by atoms with Crippen molar-refractivity contribution in [2.75, 3.05) is 0 Å². The van der Waals surface area contributed by atoms with Gasteiger partial charge in [0.1, 0.15) is 0 Å². The molecule has 0 aliphatic carbocycles. The zero-order valence-electron chi connectivity index (χ0n) is 7.32. The maximum absolute atomic E-state index is 12.7. The van der Waals surface area contributed by atoms with Crippen LogP contribution in [0.3, 0.4) is 0 Å². The number of benzene rings is 1. The van der Waals surface area contributed by atoms with Crippen molar-refractivity contribution in [2.45, 2.75) is 4.83 Å². The first-order valence-electron chi connectivity index (χ1n) is 4.04. The molecule has 0 amide bonds. The first kappa shape index (κ1) is 10.2. The highest BCUT2D eigenvalue weighted by atomic mass is 79.9. The fraction of sp³-hybridized carbons (Fsp3) is 0.111. The van der Waals surface area contributed by atoms with Gasteiger partial charge in [-0.05, 0) is 0 Å². The summed E-state index contributed by atoms with van der Waals surface area (Å²) in [6.07, 6.45) is 0. The molecule has 1 heterocycles. The summed E-state index contributed by atoms with van der Waals surface area (Å²) in [4.78, 5) is 0.292. The van der Waals surface area contributed by atoms with Crippen molar-refractivity contribution < 1.29 is 13.3 Å². The van der Waals surface area contributed by atoms with E-state index in [-0.39, 0.29) is 5.82 Å². The topological polar surface area (TPSA) is 38.9 Å². The molecular weight excluding hydrogens is 270 g/mol. The maximum Gasteiger partial charge on any atom is 0.378 e. The first-order valence-corrected chi connectivity index (χ1v) is 4.83. The smallest absolute Gasteiger partial charge is 0.331 e. The van der Waals surface area contributed by atoms with E-state index in [9.17, 15) is 8.78 Å². The Morgan fingerprint density at radius 3 is 2.40 bits per heavy atom. The van der Waals surface area contributed by atoms with E-state index in [1.54, 1.807) is 24.3 Å². The molecular formula is C9H5BrF2N2O. The van der Waals surface area contributed by atoms with Crippen LogP contribution in [-0.2, 0) is 4.83 Å². The molecule has 0 fully saturated rings. The van der Waals surface area contributed by atoms with E-state index >= 15 is 0 Å². The number of halogens is 3. The second-order valence-electron chi connectivity index (χ2n) is 2.79. The molecule has 15 heavy (non-hydrogen) atoms. The SMILES string of the molecule is FC(F)(Br)c1nc(-c2ccccc2)no1. The van der Waals surface area contributed by atoms with Crippen LogP contribution in [0.25, 0.3) is 11.4 Å². The maximum atomic E-state index is 12.7. The molecule has 78 valence electrons. The summed E-state index contributed by atoms with van der Waals surface area (Å²) in [6, 6.07) is 8.75. The average Bonchev–Trinajstić information content (AvgIpc) is 2.67. The second-order valence-corrected chi connectivity index (χ2v) is 3.78. The Labute approximate surface area is 92.2 Å². The molecule has 0 saturated heterocycles. The Hall–Kier alpha value is -1.30. The zero-order chi connectivity index (χ0) is 10.9. The van der Waals surface area contributed by atoms with Crippen molar-refractivity contribution in [3.8, 4) is 11.4 Å². The van der Waals surface area contributed by atoms with Gasteiger partial charge in [0.15, 0.2) is 0 Å². The molecule has 0 N–H and O–H groups in total. The van der Waals surface area contributed by atoms with Crippen LogP contribution in [0.4, 0.5) is 8.78 Å². The monoisotopic (exact) mass is 274 g/mol. The number of nitrogens with zero attached hydrogens (tertiary/aromatic N) is 2. The van der Waals surface area contributed by atoms with Crippen LogP contribution < -0.4 is 0 Å². The molecule has 0 unspecified atom stereocenters. The van der Waals surface area contributed by atoms with E-state index in [2.05, 4.69) is 30.6 Å². The van der Waals surface area contributed by atoms with E-state index in [0.29, 0.717) is 5.56 Å². The van der Waals surface area contributed by atoms with E-state index in [1.807, 2.05) is 6.07 Å². The van der Waals surface area contributed by atoms with Crippen molar-refractivity contribution >= 4 is 15.9 Å². The van der Waals surface area contributed by atoms with Gasteiger partial charge in [-0.25, -0.2) is 0 Å². The lowest BCUT2D eigenvalue weighted by atomic mass is 10.2. The number of hydrogen-bond donors (Lipinski definition) is 0. The van der Waals surface area contributed by atoms with Crippen molar-refractivity contribution in [1.29, 1.82) is 0 Å². The average molecular weight is 275 g/mol. The highest BCUT2D eigenvalue weighted by Crippen LogP contribution is 2.33. The minimum absolute atomic E-state index is 0.143. The van der Waals surface area contributed by atoms with Crippen molar-refractivity contribution in [3.63, 3.8) is 0 Å².